The largest absolute Gasteiger partial charge is 0.316 e. The van der Waals surface area contributed by atoms with E-state index in [1.54, 1.807) is 24.3 Å². The Morgan fingerprint density at radius 3 is 3.00 bits per heavy atom. The van der Waals surface area contributed by atoms with Crippen LogP contribution in [-0.2, 0) is 4.79 Å². The van der Waals surface area contributed by atoms with Crippen LogP contribution in [0.1, 0.15) is 65.0 Å². The van der Waals surface area contributed by atoms with E-state index in [1.165, 1.54) is 17.1 Å². The maximum Gasteiger partial charge on any atom is 0.160 e. The molecule has 0 N–H and O–H groups in total. The monoisotopic (exact) mass is 291 g/mol. The zero-order chi connectivity index (χ0) is 24.1. The molecule has 0 spiro atoms. The molecule has 3 heteroatoms. The third-order valence-corrected chi connectivity index (χ3v) is 3.68. The minimum absolute atomic E-state index is 0.525. The number of imidazole rings is 1. The van der Waals surface area contributed by atoms with Gasteiger partial charge in [0.25, 0.3) is 0 Å². The summed E-state index contributed by atoms with van der Waals surface area (Å²) in [6.45, 7) is 0. The first kappa shape index (κ1) is 5.71. The molecule has 1 saturated carbocycles. The number of carbonyl (C=O) groups excluding carboxylic acids is 1. The number of aromatic nitrogens is 2. The molecule has 0 amide bonds. The first-order valence-corrected chi connectivity index (χ1v) is 6.61. The fourth-order valence-electron chi connectivity index (χ4n) is 2.80. The van der Waals surface area contributed by atoms with E-state index in [2.05, 4.69) is 4.98 Å². The standard InChI is InChI=1S/C18H20N2O/c21-17(10-13-6-2-1-3-7-13)18-15-9-5-4-8-14(15)16-11-19-12-20(16)18/h4-5,8-9,11-13,18H,1-3,6-7,10H2/i1D2,2D2,3D2,6D2,7D2,13D. The minimum atomic E-state index is -3.61. The molecular weight excluding hydrogens is 260 g/mol. The van der Waals surface area contributed by atoms with Crippen LogP contribution in [-0.4, -0.2) is 15.3 Å². The number of benzene rings is 1. The van der Waals surface area contributed by atoms with Crippen LogP contribution in [0.15, 0.2) is 36.8 Å². The van der Waals surface area contributed by atoms with E-state index in [0.29, 0.717) is 16.8 Å². The molecule has 0 saturated heterocycles. The molecular formula is C18H20N2O. The van der Waals surface area contributed by atoms with Crippen LogP contribution < -0.4 is 0 Å². The van der Waals surface area contributed by atoms with Crippen molar-refractivity contribution in [3.8, 4) is 11.3 Å². The van der Waals surface area contributed by atoms with Gasteiger partial charge in [-0.1, -0.05) is 56.1 Å². The average Bonchev–Trinajstić information content (AvgIpc) is 3.26. The number of hydrogen-bond donors (Lipinski definition) is 0. The molecule has 108 valence electrons. The summed E-state index contributed by atoms with van der Waals surface area (Å²) in [6.07, 6.45) is -16.2. The highest BCUT2D eigenvalue weighted by Gasteiger charge is 2.34. The predicted octanol–water partition coefficient (Wildman–Crippen LogP) is 3.99. The molecule has 1 unspecified atom stereocenters. The molecule has 1 aromatic carbocycles. The van der Waals surface area contributed by atoms with Gasteiger partial charge in [-0.3, -0.25) is 4.79 Å². The summed E-state index contributed by atoms with van der Waals surface area (Å²) in [5.41, 5.74) is 1.80. The SMILES string of the molecule is [2H]C1([2H])C([2H])([2H])C([2H])([2H])C([2H])(CC(=O)C2c3ccccc3-c3cncn32)C([2H])([2H])C1([2H])[2H]. The Kier molecular flexibility index (Phi) is 1.40. The van der Waals surface area contributed by atoms with Crippen LogP contribution in [0.3, 0.4) is 0 Å². The molecule has 1 aromatic heterocycles. The first-order chi connectivity index (χ1) is 14.5. The second kappa shape index (κ2) is 5.14. The summed E-state index contributed by atoms with van der Waals surface area (Å²) in [5.74, 6) is -4.10. The van der Waals surface area contributed by atoms with E-state index in [4.69, 9.17) is 15.1 Å². The summed E-state index contributed by atoms with van der Waals surface area (Å²) >= 11 is 0. The highest BCUT2D eigenvalue weighted by Crippen LogP contribution is 2.41. The highest BCUT2D eigenvalue weighted by atomic mass is 16.1. The Hall–Kier alpha value is -1.90. The number of nitrogens with zero attached hydrogens (tertiary/aromatic N) is 2. The van der Waals surface area contributed by atoms with Crippen LogP contribution in [0.5, 0.6) is 0 Å². The third-order valence-electron chi connectivity index (χ3n) is 3.68. The van der Waals surface area contributed by atoms with Gasteiger partial charge in [0.1, 0.15) is 6.04 Å². The number of hydrogen-bond acceptors (Lipinski definition) is 2. The molecule has 2 aromatic rings. The lowest BCUT2D eigenvalue weighted by atomic mass is 9.84. The Morgan fingerprint density at radius 1 is 1.33 bits per heavy atom. The lowest BCUT2D eigenvalue weighted by Gasteiger charge is -2.23. The van der Waals surface area contributed by atoms with Gasteiger partial charge in [0.15, 0.2) is 5.78 Å². The van der Waals surface area contributed by atoms with Crippen LogP contribution in [0.2, 0.25) is 0 Å². The molecule has 1 fully saturated rings. The zero-order valence-corrected chi connectivity index (χ0v) is 11.1. The van der Waals surface area contributed by atoms with Crippen molar-refractivity contribution in [2.75, 3.05) is 0 Å². The summed E-state index contributed by atoms with van der Waals surface area (Å²) in [6, 6.07) is 5.76. The molecule has 4 rings (SSSR count). The topological polar surface area (TPSA) is 34.9 Å². The fourth-order valence-corrected chi connectivity index (χ4v) is 2.80. The minimum Gasteiger partial charge on any atom is -0.316 e. The van der Waals surface area contributed by atoms with Gasteiger partial charge in [-0.25, -0.2) is 4.98 Å². The van der Waals surface area contributed by atoms with Crippen LogP contribution in [0.4, 0.5) is 0 Å². The van der Waals surface area contributed by atoms with Crippen molar-refractivity contribution < 1.29 is 19.9 Å². The Labute approximate surface area is 140 Å². The van der Waals surface area contributed by atoms with Crippen molar-refractivity contribution in [1.82, 2.24) is 9.55 Å². The number of fused-ring (bicyclic) bond motifs is 3. The lowest BCUT2D eigenvalue weighted by molar-refractivity contribution is -0.122. The van der Waals surface area contributed by atoms with Gasteiger partial charge in [-0.05, 0) is 11.5 Å². The van der Waals surface area contributed by atoms with E-state index in [9.17, 15) is 4.79 Å². The van der Waals surface area contributed by atoms with E-state index < -0.39 is 56.0 Å². The van der Waals surface area contributed by atoms with Gasteiger partial charge >= 0.3 is 0 Å². The van der Waals surface area contributed by atoms with Gasteiger partial charge in [-0.15, -0.1) is 0 Å². The van der Waals surface area contributed by atoms with Crippen LogP contribution >= 0.6 is 0 Å². The molecule has 2 aliphatic rings. The van der Waals surface area contributed by atoms with E-state index in [0.717, 1.165) is 0 Å². The smallest absolute Gasteiger partial charge is 0.160 e. The Balaban J connectivity index is 1.84. The number of carbonyl (C=O) groups is 1. The first-order valence-electron chi connectivity index (χ1n) is 12.1. The maximum absolute atomic E-state index is 13.5. The van der Waals surface area contributed by atoms with Crippen molar-refractivity contribution >= 4 is 5.78 Å². The van der Waals surface area contributed by atoms with Crippen LogP contribution in [0.25, 0.3) is 11.3 Å². The number of rotatable bonds is 3. The summed E-state index contributed by atoms with van der Waals surface area (Å²) in [7, 11) is 0. The van der Waals surface area contributed by atoms with Gasteiger partial charge in [0, 0.05) is 27.1 Å². The molecule has 1 atom stereocenters. The molecule has 1 aliphatic heterocycles. The summed E-state index contributed by atoms with van der Waals surface area (Å²) < 4.78 is 91.3. The number of Topliss-reactive ketones (excluding diaryl/α,β-unsaturated/α-hetero) is 1. The van der Waals surface area contributed by atoms with Gasteiger partial charge < -0.3 is 4.57 Å². The molecule has 3 nitrogen and oxygen atoms in total. The third kappa shape index (κ3) is 2.11. The quantitative estimate of drug-likeness (QED) is 0.857. The molecule has 1 aliphatic carbocycles. The average molecular weight is 291 g/mol. The normalized spacial score (nSPS) is 42.3. The Morgan fingerprint density at radius 2 is 2.14 bits per heavy atom. The van der Waals surface area contributed by atoms with E-state index in [-0.39, 0.29) is 0 Å². The molecule has 0 bridgehead atoms. The predicted molar refractivity (Wildman–Crippen MR) is 82.0 cm³/mol. The lowest BCUT2D eigenvalue weighted by Crippen LogP contribution is -2.21. The van der Waals surface area contributed by atoms with Crippen LogP contribution in [0, 0.1) is 5.89 Å². The molecule has 21 heavy (non-hydrogen) atoms. The van der Waals surface area contributed by atoms with E-state index >= 15 is 0 Å². The zero-order valence-electron chi connectivity index (χ0n) is 22.1. The fraction of sp³-hybridized carbons (Fsp3) is 0.444. The maximum atomic E-state index is 13.5. The van der Waals surface area contributed by atoms with Crippen molar-refractivity contribution in [2.45, 2.75) is 44.3 Å². The second-order valence-electron chi connectivity index (χ2n) is 4.92. The van der Waals surface area contributed by atoms with Gasteiger partial charge in [-0.2, -0.15) is 0 Å². The van der Waals surface area contributed by atoms with E-state index in [1.807, 2.05) is 0 Å². The van der Waals surface area contributed by atoms with Crippen molar-refractivity contribution in [1.29, 1.82) is 0 Å². The van der Waals surface area contributed by atoms with Gasteiger partial charge in [0.2, 0.25) is 0 Å². The second-order valence-corrected chi connectivity index (χ2v) is 4.92. The summed E-state index contributed by atoms with van der Waals surface area (Å²) in [5, 5.41) is 0. The van der Waals surface area contributed by atoms with Crippen molar-refractivity contribution in [3.63, 3.8) is 0 Å². The highest BCUT2D eigenvalue weighted by molar-refractivity contribution is 5.91. The Bertz CT molecular complexity index is 1080. The molecule has 2 heterocycles. The van der Waals surface area contributed by atoms with Gasteiger partial charge in [0.05, 0.1) is 18.2 Å². The van der Waals surface area contributed by atoms with Crippen molar-refractivity contribution in [3.05, 3.63) is 42.4 Å². The summed E-state index contributed by atoms with van der Waals surface area (Å²) in [4.78, 5) is 17.5. The molecule has 0 radical (unpaired) electrons. The number of ketones is 1. The van der Waals surface area contributed by atoms with Crippen molar-refractivity contribution in [2.24, 2.45) is 5.89 Å².